The van der Waals surface area contributed by atoms with Crippen LogP contribution in [0, 0.1) is 0 Å². The summed E-state index contributed by atoms with van der Waals surface area (Å²) in [5.74, 6) is 0.177. The predicted molar refractivity (Wildman–Crippen MR) is 83.7 cm³/mol. The standard InChI is InChI=1S/C16H18N4O3/c17-14-7-1-5-12(19-14)15(21)18-11-4-2-8-20(10-11)16(22)13-6-3-9-23-13/h1,3,5-7,9,11H,2,4,8,10H2,(H2,17,19)(H,18,21)/t11-/m1/s1. The molecule has 3 rings (SSSR count). The first-order chi connectivity index (χ1) is 11.1. The lowest BCUT2D eigenvalue weighted by Gasteiger charge is -2.32. The van der Waals surface area contributed by atoms with Gasteiger partial charge in [0.05, 0.1) is 6.26 Å². The van der Waals surface area contributed by atoms with Crippen LogP contribution in [0.15, 0.2) is 41.0 Å². The third kappa shape index (κ3) is 3.50. The number of likely N-dealkylation sites (tertiary alicyclic amines) is 1. The highest BCUT2D eigenvalue weighted by Gasteiger charge is 2.27. The summed E-state index contributed by atoms with van der Waals surface area (Å²) < 4.78 is 5.14. The number of aromatic nitrogens is 1. The Morgan fingerprint density at radius 2 is 2.17 bits per heavy atom. The van der Waals surface area contributed by atoms with Crippen molar-refractivity contribution in [3.8, 4) is 0 Å². The van der Waals surface area contributed by atoms with Gasteiger partial charge >= 0.3 is 0 Å². The van der Waals surface area contributed by atoms with E-state index in [0.29, 0.717) is 24.7 Å². The molecule has 1 aliphatic rings. The Balaban J connectivity index is 1.62. The third-order valence-corrected chi connectivity index (χ3v) is 3.78. The maximum Gasteiger partial charge on any atom is 0.289 e. The van der Waals surface area contributed by atoms with Crippen molar-refractivity contribution in [2.45, 2.75) is 18.9 Å². The first-order valence-corrected chi connectivity index (χ1v) is 7.49. The van der Waals surface area contributed by atoms with Crippen LogP contribution in [0.2, 0.25) is 0 Å². The van der Waals surface area contributed by atoms with Gasteiger partial charge in [0.2, 0.25) is 0 Å². The van der Waals surface area contributed by atoms with Gasteiger partial charge in [-0.25, -0.2) is 4.98 Å². The van der Waals surface area contributed by atoms with Crippen LogP contribution in [0.4, 0.5) is 5.82 Å². The summed E-state index contributed by atoms with van der Waals surface area (Å²) in [5, 5.41) is 2.91. The fourth-order valence-electron chi connectivity index (χ4n) is 2.67. The molecule has 1 aliphatic heterocycles. The molecule has 2 aromatic rings. The van der Waals surface area contributed by atoms with Gasteiger partial charge in [-0.3, -0.25) is 9.59 Å². The molecule has 0 aliphatic carbocycles. The smallest absolute Gasteiger partial charge is 0.289 e. The fraction of sp³-hybridized carbons (Fsp3) is 0.312. The van der Waals surface area contributed by atoms with Gasteiger partial charge < -0.3 is 20.4 Å². The highest BCUT2D eigenvalue weighted by Crippen LogP contribution is 2.15. The van der Waals surface area contributed by atoms with E-state index in [2.05, 4.69) is 10.3 Å². The summed E-state index contributed by atoms with van der Waals surface area (Å²) in [5.41, 5.74) is 5.87. The second-order valence-electron chi connectivity index (χ2n) is 5.49. The molecule has 0 radical (unpaired) electrons. The Bertz CT molecular complexity index is 699. The summed E-state index contributed by atoms with van der Waals surface area (Å²) in [7, 11) is 0. The van der Waals surface area contributed by atoms with Gasteiger partial charge in [-0.15, -0.1) is 0 Å². The van der Waals surface area contributed by atoms with Crippen LogP contribution >= 0.6 is 0 Å². The molecule has 1 atom stereocenters. The van der Waals surface area contributed by atoms with Crippen molar-refractivity contribution in [2.75, 3.05) is 18.8 Å². The van der Waals surface area contributed by atoms with E-state index in [1.807, 2.05) is 0 Å². The van der Waals surface area contributed by atoms with Crippen LogP contribution in [0.25, 0.3) is 0 Å². The Kier molecular flexibility index (Phi) is 4.27. The maximum absolute atomic E-state index is 12.3. The van der Waals surface area contributed by atoms with E-state index in [1.54, 1.807) is 35.2 Å². The molecule has 0 bridgehead atoms. The average Bonchev–Trinajstić information content (AvgIpc) is 3.09. The van der Waals surface area contributed by atoms with Gasteiger partial charge in [0, 0.05) is 19.1 Å². The van der Waals surface area contributed by atoms with E-state index in [-0.39, 0.29) is 23.6 Å². The quantitative estimate of drug-likeness (QED) is 0.889. The first-order valence-electron chi connectivity index (χ1n) is 7.49. The minimum atomic E-state index is -0.283. The summed E-state index contributed by atoms with van der Waals surface area (Å²) in [4.78, 5) is 30.2. The molecule has 3 N–H and O–H groups in total. The van der Waals surface area contributed by atoms with Crippen molar-refractivity contribution in [3.63, 3.8) is 0 Å². The van der Waals surface area contributed by atoms with Crippen molar-refractivity contribution in [1.82, 2.24) is 15.2 Å². The Hall–Kier alpha value is -2.83. The van der Waals surface area contributed by atoms with Crippen molar-refractivity contribution in [3.05, 3.63) is 48.0 Å². The van der Waals surface area contributed by atoms with E-state index < -0.39 is 0 Å². The topological polar surface area (TPSA) is 101 Å². The van der Waals surface area contributed by atoms with Crippen LogP contribution in [0.1, 0.15) is 33.9 Å². The zero-order valence-electron chi connectivity index (χ0n) is 12.6. The molecule has 0 aromatic carbocycles. The molecule has 0 unspecified atom stereocenters. The number of nitrogen functional groups attached to an aromatic ring is 1. The molecule has 0 spiro atoms. The van der Waals surface area contributed by atoms with Crippen LogP contribution in [0.3, 0.4) is 0 Å². The molecule has 23 heavy (non-hydrogen) atoms. The highest BCUT2D eigenvalue weighted by atomic mass is 16.3. The average molecular weight is 314 g/mol. The summed E-state index contributed by atoms with van der Waals surface area (Å²) >= 11 is 0. The molecule has 120 valence electrons. The fourth-order valence-corrected chi connectivity index (χ4v) is 2.67. The minimum absolute atomic E-state index is 0.113. The van der Waals surface area contributed by atoms with Crippen molar-refractivity contribution >= 4 is 17.6 Å². The second-order valence-corrected chi connectivity index (χ2v) is 5.49. The number of hydrogen-bond acceptors (Lipinski definition) is 5. The Morgan fingerprint density at radius 3 is 2.91 bits per heavy atom. The summed E-state index contributed by atoms with van der Waals surface area (Å²) in [6.45, 7) is 1.11. The number of furan rings is 1. The highest BCUT2D eigenvalue weighted by molar-refractivity contribution is 5.93. The third-order valence-electron chi connectivity index (χ3n) is 3.78. The number of rotatable bonds is 3. The Labute approximate surface area is 133 Å². The molecule has 0 saturated carbocycles. The van der Waals surface area contributed by atoms with Gasteiger partial charge in [-0.1, -0.05) is 6.07 Å². The normalized spacial score (nSPS) is 17.7. The first kappa shape index (κ1) is 15.1. The molecular formula is C16H18N4O3. The number of amides is 2. The molecule has 7 nitrogen and oxygen atoms in total. The number of carbonyl (C=O) groups excluding carboxylic acids is 2. The number of carbonyl (C=O) groups is 2. The molecule has 1 saturated heterocycles. The van der Waals surface area contributed by atoms with Crippen LogP contribution in [-0.2, 0) is 0 Å². The van der Waals surface area contributed by atoms with Crippen molar-refractivity contribution in [1.29, 1.82) is 0 Å². The number of nitrogens with two attached hydrogens (primary N) is 1. The molecular weight excluding hydrogens is 296 g/mol. The Morgan fingerprint density at radius 1 is 1.30 bits per heavy atom. The van der Waals surface area contributed by atoms with Gasteiger partial charge in [-0.2, -0.15) is 0 Å². The SMILES string of the molecule is Nc1cccc(C(=O)N[C@@H]2CCCN(C(=O)c3ccco3)C2)n1. The zero-order valence-corrected chi connectivity index (χ0v) is 12.6. The number of piperidine rings is 1. The van der Waals surface area contributed by atoms with E-state index >= 15 is 0 Å². The van der Waals surface area contributed by atoms with E-state index in [1.165, 1.54) is 6.26 Å². The summed E-state index contributed by atoms with van der Waals surface area (Å²) in [6, 6.07) is 8.13. The van der Waals surface area contributed by atoms with E-state index in [9.17, 15) is 9.59 Å². The van der Waals surface area contributed by atoms with Crippen LogP contribution in [-0.4, -0.2) is 40.8 Å². The number of hydrogen-bond donors (Lipinski definition) is 2. The van der Waals surface area contributed by atoms with Gasteiger partial charge in [0.25, 0.3) is 11.8 Å². The lowest BCUT2D eigenvalue weighted by Crippen LogP contribution is -2.49. The minimum Gasteiger partial charge on any atom is -0.459 e. The number of nitrogens with zero attached hydrogens (tertiary/aromatic N) is 2. The molecule has 2 aromatic heterocycles. The van der Waals surface area contributed by atoms with E-state index in [4.69, 9.17) is 10.2 Å². The lowest BCUT2D eigenvalue weighted by molar-refractivity contribution is 0.0646. The van der Waals surface area contributed by atoms with Gasteiger partial charge in [-0.05, 0) is 37.1 Å². The summed E-state index contributed by atoms with van der Waals surface area (Å²) in [6.07, 6.45) is 3.11. The zero-order chi connectivity index (χ0) is 16.2. The van der Waals surface area contributed by atoms with Crippen molar-refractivity contribution < 1.29 is 14.0 Å². The number of pyridine rings is 1. The van der Waals surface area contributed by atoms with Gasteiger partial charge in [0.15, 0.2) is 5.76 Å². The maximum atomic E-state index is 12.3. The van der Waals surface area contributed by atoms with Crippen LogP contribution in [0.5, 0.6) is 0 Å². The monoisotopic (exact) mass is 314 g/mol. The van der Waals surface area contributed by atoms with E-state index in [0.717, 1.165) is 12.8 Å². The lowest BCUT2D eigenvalue weighted by atomic mass is 10.1. The predicted octanol–water partition coefficient (Wildman–Crippen LogP) is 1.29. The molecule has 7 heteroatoms. The largest absolute Gasteiger partial charge is 0.459 e. The van der Waals surface area contributed by atoms with Gasteiger partial charge in [0.1, 0.15) is 11.5 Å². The number of anilines is 1. The van der Waals surface area contributed by atoms with Crippen molar-refractivity contribution in [2.24, 2.45) is 0 Å². The second kappa shape index (κ2) is 6.51. The molecule has 1 fully saturated rings. The number of nitrogens with one attached hydrogen (secondary N) is 1. The molecule has 3 heterocycles. The van der Waals surface area contributed by atoms with Crippen LogP contribution < -0.4 is 11.1 Å². The molecule has 2 amide bonds.